The first-order valence-electron chi connectivity index (χ1n) is 5.56. The molecule has 0 atom stereocenters. The summed E-state index contributed by atoms with van der Waals surface area (Å²) in [6.07, 6.45) is 0. The van der Waals surface area contributed by atoms with Gasteiger partial charge in [-0.05, 0) is 19.1 Å². The number of aromatic nitrogens is 3. The Morgan fingerprint density at radius 1 is 1.21 bits per heavy atom. The molecule has 0 spiro atoms. The van der Waals surface area contributed by atoms with Crippen LogP contribution in [0.1, 0.15) is 12.6 Å². The van der Waals surface area contributed by atoms with Crippen LogP contribution in [-0.2, 0) is 4.79 Å². The van der Waals surface area contributed by atoms with Gasteiger partial charge in [-0.15, -0.1) is 10.2 Å². The van der Waals surface area contributed by atoms with Crippen molar-refractivity contribution < 1.29 is 4.79 Å². The summed E-state index contributed by atoms with van der Waals surface area (Å²) in [6.45, 7) is 3.20. The van der Waals surface area contributed by atoms with E-state index < -0.39 is 0 Å². The number of nitrogens with one attached hydrogen (secondary N) is 2. The molecule has 0 aliphatic rings. The third-order valence-corrected chi connectivity index (χ3v) is 2.58. The Morgan fingerprint density at radius 3 is 2.47 bits per heavy atom. The predicted octanol–water partition coefficient (Wildman–Crippen LogP) is 1.96. The second-order valence-corrected chi connectivity index (χ2v) is 4.32. The molecule has 1 heterocycles. The lowest BCUT2D eigenvalue weighted by Crippen LogP contribution is -2.28. The molecule has 1 amide bonds. The SMILES string of the molecule is CC(=O)NNc1nnc(-c2ccc(Cl)cc2)c(C)n1. The van der Waals surface area contributed by atoms with Gasteiger partial charge in [-0.25, -0.2) is 4.98 Å². The van der Waals surface area contributed by atoms with Crippen molar-refractivity contribution in [2.24, 2.45) is 0 Å². The minimum Gasteiger partial charge on any atom is -0.274 e. The highest BCUT2D eigenvalue weighted by Gasteiger charge is 2.07. The molecular weight excluding hydrogens is 266 g/mol. The molecule has 2 rings (SSSR count). The van der Waals surface area contributed by atoms with Gasteiger partial charge in [-0.2, -0.15) is 0 Å². The van der Waals surface area contributed by atoms with Crippen LogP contribution in [0.3, 0.4) is 0 Å². The van der Waals surface area contributed by atoms with Crippen LogP contribution < -0.4 is 10.9 Å². The number of hydrogen-bond acceptors (Lipinski definition) is 5. The molecule has 7 heteroatoms. The van der Waals surface area contributed by atoms with E-state index in [9.17, 15) is 4.79 Å². The van der Waals surface area contributed by atoms with Crippen LogP contribution in [-0.4, -0.2) is 21.1 Å². The number of hydrogen-bond donors (Lipinski definition) is 2. The molecule has 2 N–H and O–H groups in total. The fourth-order valence-electron chi connectivity index (χ4n) is 1.48. The van der Waals surface area contributed by atoms with Crippen LogP contribution in [0.2, 0.25) is 5.02 Å². The Morgan fingerprint density at radius 2 is 1.89 bits per heavy atom. The number of aryl methyl sites for hydroxylation is 1. The van der Waals surface area contributed by atoms with E-state index in [1.165, 1.54) is 6.92 Å². The molecule has 0 fully saturated rings. The number of nitrogens with zero attached hydrogens (tertiary/aromatic N) is 3. The molecule has 0 saturated carbocycles. The van der Waals surface area contributed by atoms with Crippen molar-refractivity contribution in [3.8, 4) is 11.3 Å². The summed E-state index contributed by atoms with van der Waals surface area (Å²) in [6, 6.07) is 7.26. The average molecular weight is 278 g/mol. The van der Waals surface area contributed by atoms with Crippen molar-refractivity contribution in [3.63, 3.8) is 0 Å². The zero-order valence-corrected chi connectivity index (χ0v) is 11.2. The molecule has 6 nitrogen and oxygen atoms in total. The smallest absolute Gasteiger partial charge is 0.261 e. The summed E-state index contributed by atoms with van der Waals surface area (Å²) >= 11 is 5.83. The van der Waals surface area contributed by atoms with Crippen LogP contribution in [0.25, 0.3) is 11.3 Å². The van der Waals surface area contributed by atoms with E-state index in [-0.39, 0.29) is 11.9 Å². The Hall–Kier alpha value is -2.21. The van der Waals surface area contributed by atoms with Crippen LogP contribution in [0, 0.1) is 6.92 Å². The lowest BCUT2D eigenvalue weighted by Gasteiger charge is -2.07. The largest absolute Gasteiger partial charge is 0.274 e. The number of benzene rings is 1. The monoisotopic (exact) mass is 277 g/mol. The van der Waals surface area contributed by atoms with Gasteiger partial charge in [0.2, 0.25) is 5.91 Å². The molecule has 1 aromatic carbocycles. The van der Waals surface area contributed by atoms with Crippen LogP contribution in [0.15, 0.2) is 24.3 Å². The summed E-state index contributed by atoms with van der Waals surface area (Å²) < 4.78 is 0. The summed E-state index contributed by atoms with van der Waals surface area (Å²) in [4.78, 5) is 15.0. The zero-order valence-electron chi connectivity index (χ0n) is 10.4. The van der Waals surface area contributed by atoms with Gasteiger partial charge in [0.25, 0.3) is 5.95 Å². The van der Waals surface area contributed by atoms with Gasteiger partial charge < -0.3 is 0 Å². The molecule has 19 heavy (non-hydrogen) atoms. The highest BCUT2D eigenvalue weighted by molar-refractivity contribution is 6.30. The molecule has 0 unspecified atom stereocenters. The number of carbonyl (C=O) groups excluding carboxylic acids is 1. The van der Waals surface area contributed by atoms with Gasteiger partial charge in [-0.1, -0.05) is 23.7 Å². The van der Waals surface area contributed by atoms with E-state index in [0.29, 0.717) is 16.4 Å². The molecule has 0 bridgehead atoms. The van der Waals surface area contributed by atoms with Gasteiger partial charge in [0, 0.05) is 17.5 Å². The Bertz CT molecular complexity index is 600. The van der Waals surface area contributed by atoms with Gasteiger partial charge >= 0.3 is 0 Å². The van der Waals surface area contributed by atoms with E-state index in [4.69, 9.17) is 11.6 Å². The average Bonchev–Trinajstić information content (AvgIpc) is 2.38. The minimum absolute atomic E-state index is 0.233. The van der Waals surface area contributed by atoms with E-state index >= 15 is 0 Å². The van der Waals surface area contributed by atoms with E-state index in [1.54, 1.807) is 12.1 Å². The van der Waals surface area contributed by atoms with Gasteiger partial charge in [0.05, 0.1) is 5.69 Å². The molecule has 0 saturated heterocycles. The van der Waals surface area contributed by atoms with E-state index in [1.807, 2.05) is 19.1 Å². The maximum Gasteiger partial charge on any atom is 0.261 e. The summed E-state index contributed by atoms with van der Waals surface area (Å²) in [5, 5.41) is 8.64. The zero-order chi connectivity index (χ0) is 13.8. The fourth-order valence-corrected chi connectivity index (χ4v) is 1.60. The Balaban J connectivity index is 2.24. The first-order chi connectivity index (χ1) is 9.06. The lowest BCUT2D eigenvalue weighted by molar-refractivity contribution is -0.118. The van der Waals surface area contributed by atoms with Crippen molar-refractivity contribution in [3.05, 3.63) is 35.0 Å². The van der Waals surface area contributed by atoms with E-state index in [0.717, 1.165) is 5.56 Å². The molecule has 0 aliphatic carbocycles. The first-order valence-corrected chi connectivity index (χ1v) is 5.94. The maximum absolute atomic E-state index is 10.8. The third kappa shape index (κ3) is 3.38. The Labute approximate surface area is 115 Å². The standard InChI is InChI=1S/C12H12ClN5O/c1-7-11(9-3-5-10(13)6-4-9)16-18-12(14-7)17-15-8(2)19/h3-6H,1-2H3,(H,15,19)(H,14,17,18). The number of halogens is 1. The normalized spacial score (nSPS) is 10.1. The van der Waals surface area contributed by atoms with Gasteiger partial charge in [-0.3, -0.25) is 15.6 Å². The molecule has 1 aromatic heterocycles. The quantitative estimate of drug-likeness (QED) is 0.839. The van der Waals surface area contributed by atoms with Crippen molar-refractivity contribution in [1.29, 1.82) is 0 Å². The Kier molecular flexibility index (Phi) is 3.91. The summed E-state index contributed by atoms with van der Waals surface area (Å²) in [5.41, 5.74) is 7.20. The van der Waals surface area contributed by atoms with Crippen LogP contribution in [0.4, 0.5) is 5.95 Å². The number of rotatable bonds is 3. The number of anilines is 1. The predicted molar refractivity (Wildman–Crippen MR) is 72.4 cm³/mol. The molecular formula is C12H12ClN5O. The first kappa shape index (κ1) is 13.2. The highest BCUT2D eigenvalue weighted by atomic mass is 35.5. The van der Waals surface area contributed by atoms with Crippen LogP contribution in [0.5, 0.6) is 0 Å². The van der Waals surface area contributed by atoms with Crippen LogP contribution >= 0.6 is 11.6 Å². The van der Waals surface area contributed by atoms with Crippen molar-refractivity contribution in [2.45, 2.75) is 13.8 Å². The lowest BCUT2D eigenvalue weighted by atomic mass is 10.1. The van der Waals surface area contributed by atoms with Gasteiger partial charge in [0.1, 0.15) is 5.69 Å². The summed E-state index contributed by atoms with van der Waals surface area (Å²) in [5.74, 6) is 0.00782. The molecule has 2 aromatic rings. The minimum atomic E-state index is -0.233. The topological polar surface area (TPSA) is 79.8 Å². The third-order valence-electron chi connectivity index (χ3n) is 2.33. The van der Waals surface area contributed by atoms with Gasteiger partial charge in [0.15, 0.2) is 0 Å². The number of carbonyl (C=O) groups is 1. The number of hydrazine groups is 1. The van der Waals surface area contributed by atoms with Crippen molar-refractivity contribution in [2.75, 3.05) is 5.43 Å². The fraction of sp³-hybridized carbons (Fsp3) is 0.167. The number of amides is 1. The van der Waals surface area contributed by atoms with E-state index in [2.05, 4.69) is 26.0 Å². The second-order valence-electron chi connectivity index (χ2n) is 3.88. The van der Waals surface area contributed by atoms with Crippen molar-refractivity contribution in [1.82, 2.24) is 20.6 Å². The second kappa shape index (κ2) is 5.62. The highest BCUT2D eigenvalue weighted by Crippen LogP contribution is 2.21. The maximum atomic E-state index is 10.8. The summed E-state index contributed by atoms with van der Waals surface area (Å²) in [7, 11) is 0. The van der Waals surface area contributed by atoms with Crippen molar-refractivity contribution >= 4 is 23.5 Å². The molecule has 0 aliphatic heterocycles. The molecule has 0 radical (unpaired) electrons. The molecule has 98 valence electrons.